The van der Waals surface area contributed by atoms with E-state index in [4.69, 9.17) is 14.9 Å². The van der Waals surface area contributed by atoms with Crippen molar-refractivity contribution in [3.8, 4) is 0 Å². The van der Waals surface area contributed by atoms with E-state index in [1.807, 2.05) is 22.6 Å². The van der Waals surface area contributed by atoms with Crippen LogP contribution in [0.2, 0.25) is 0 Å². The molecule has 0 atom stereocenters. The zero-order valence-corrected chi connectivity index (χ0v) is 15.9. The molecule has 0 radical (unpaired) electrons. The van der Waals surface area contributed by atoms with Crippen LogP contribution in [-0.4, -0.2) is 30.9 Å². The molecule has 2 aromatic rings. The summed E-state index contributed by atoms with van der Waals surface area (Å²) in [6, 6.07) is 12.2. The van der Waals surface area contributed by atoms with Crippen LogP contribution in [0.4, 0.5) is 5.69 Å². The first-order valence-electron chi connectivity index (χ1n) is 7.69. The Morgan fingerprint density at radius 3 is 2.50 bits per heavy atom. The van der Waals surface area contributed by atoms with Crippen molar-refractivity contribution < 1.29 is 23.5 Å². The van der Waals surface area contributed by atoms with E-state index in [9.17, 15) is 14.4 Å². The molecule has 7 nitrogen and oxygen atoms in total. The molecule has 0 fully saturated rings. The van der Waals surface area contributed by atoms with Crippen LogP contribution < -0.4 is 10.6 Å². The van der Waals surface area contributed by atoms with Crippen molar-refractivity contribution in [3.63, 3.8) is 0 Å². The van der Waals surface area contributed by atoms with E-state index < -0.39 is 24.4 Å². The number of hydrogen-bond acceptors (Lipinski definition) is 5. The van der Waals surface area contributed by atoms with E-state index in [1.54, 1.807) is 42.5 Å². The minimum atomic E-state index is -0.673. The second-order valence-corrected chi connectivity index (χ2v) is 6.24. The second-order valence-electron chi connectivity index (χ2n) is 5.18. The molecule has 0 saturated heterocycles. The molecule has 1 aromatic carbocycles. The minimum absolute atomic E-state index is 0.00557. The smallest absolute Gasteiger partial charge is 0.331 e. The molecule has 0 aliphatic carbocycles. The van der Waals surface area contributed by atoms with Gasteiger partial charge in [0.05, 0.1) is 0 Å². The van der Waals surface area contributed by atoms with Gasteiger partial charge in [-0.25, -0.2) is 4.79 Å². The predicted molar refractivity (Wildman–Crippen MR) is 104 cm³/mol. The van der Waals surface area contributed by atoms with E-state index in [0.717, 1.165) is 0 Å². The van der Waals surface area contributed by atoms with Gasteiger partial charge in [0, 0.05) is 24.7 Å². The lowest BCUT2D eigenvalue weighted by Gasteiger charge is -2.22. The highest BCUT2D eigenvalue weighted by atomic mass is 127. The van der Waals surface area contributed by atoms with Crippen molar-refractivity contribution in [3.05, 3.63) is 58.1 Å². The molecule has 136 valence electrons. The Balaban J connectivity index is 1.94. The number of hydrogen-bond donors (Lipinski definition) is 1. The highest BCUT2D eigenvalue weighted by Gasteiger charge is 2.17. The second kappa shape index (κ2) is 9.76. The summed E-state index contributed by atoms with van der Waals surface area (Å²) in [5, 5.41) is 0. The maximum atomic E-state index is 12.4. The van der Waals surface area contributed by atoms with Gasteiger partial charge in [0.1, 0.15) is 5.76 Å². The van der Waals surface area contributed by atoms with Gasteiger partial charge in [0.15, 0.2) is 10.4 Å². The summed E-state index contributed by atoms with van der Waals surface area (Å²) in [5.41, 5.74) is 5.75. The van der Waals surface area contributed by atoms with Gasteiger partial charge in [-0.3, -0.25) is 9.59 Å². The molecular formula is C18H17IN2O5. The van der Waals surface area contributed by atoms with Crippen LogP contribution in [0.5, 0.6) is 0 Å². The first-order chi connectivity index (χ1) is 12.5. The highest BCUT2D eigenvalue weighted by Crippen LogP contribution is 2.14. The quantitative estimate of drug-likeness (QED) is 0.364. The number of esters is 1. The van der Waals surface area contributed by atoms with Crippen LogP contribution in [-0.2, 0) is 19.1 Å². The van der Waals surface area contributed by atoms with Crippen molar-refractivity contribution in [1.82, 2.24) is 0 Å². The molecular weight excluding hydrogens is 451 g/mol. The summed E-state index contributed by atoms with van der Waals surface area (Å²) < 4.78 is 10.9. The van der Waals surface area contributed by atoms with Gasteiger partial charge in [-0.1, -0.05) is 18.2 Å². The Bertz CT molecular complexity index is 801. The zero-order valence-electron chi connectivity index (χ0n) is 13.8. The number of benzene rings is 1. The summed E-state index contributed by atoms with van der Waals surface area (Å²) >= 11 is 2.01. The normalized spacial score (nSPS) is 10.7. The number of ether oxygens (including phenoxy) is 1. The number of nitrogens with two attached hydrogens (primary N) is 1. The summed E-state index contributed by atoms with van der Waals surface area (Å²) in [5.74, 6) is -1.14. The number of amides is 2. The molecule has 0 saturated carbocycles. The largest absolute Gasteiger partial charge is 0.452 e. The molecule has 0 aliphatic rings. The number of rotatable bonds is 8. The summed E-state index contributed by atoms with van der Waals surface area (Å²) in [6.07, 6.45) is 2.64. The monoisotopic (exact) mass is 468 g/mol. The molecule has 2 N–H and O–H groups in total. The zero-order chi connectivity index (χ0) is 18.9. The average Bonchev–Trinajstić information content (AvgIpc) is 3.04. The summed E-state index contributed by atoms with van der Waals surface area (Å²) in [6.45, 7) is -0.344. The summed E-state index contributed by atoms with van der Waals surface area (Å²) in [4.78, 5) is 36.5. The number of primary amides is 1. The maximum Gasteiger partial charge on any atom is 0.331 e. The molecule has 1 heterocycles. The third kappa shape index (κ3) is 6.36. The molecule has 26 heavy (non-hydrogen) atoms. The number of para-hydroxylation sites is 1. The van der Waals surface area contributed by atoms with Crippen LogP contribution in [0.25, 0.3) is 6.08 Å². The Hall–Kier alpha value is -2.62. The standard InChI is InChI=1S/C18H17IN2O5/c19-15-8-6-14(26-15)7-9-18(24)25-12-17(23)21(11-10-16(20)22)13-4-2-1-3-5-13/h1-9H,10-12H2,(H2,20,22)/b9-7+. The van der Waals surface area contributed by atoms with E-state index in [-0.39, 0.29) is 13.0 Å². The van der Waals surface area contributed by atoms with Crippen molar-refractivity contribution in [1.29, 1.82) is 0 Å². The Labute approximate surface area is 163 Å². The number of furan rings is 1. The SMILES string of the molecule is NC(=O)CCN(C(=O)COC(=O)/C=C/c1ccc(I)o1)c1ccccc1. The fourth-order valence-electron chi connectivity index (χ4n) is 2.05. The first kappa shape index (κ1) is 19.7. The molecule has 0 unspecified atom stereocenters. The van der Waals surface area contributed by atoms with Crippen molar-refractivity contribution >= 4 is 52.1 Å². The van der Waals surface area contributed by atoms with Crippen LogP contribution in [0.3, 0.4) is 0 Å². The number of anilines is 1. The Morgan fingerprint density at radius 2 is 1.88 bits per heavy atom. The summed E-state index contributed by atoms with van der Waals surface area (Å²) in [7, 11) is 0. The van der Waals surface area contributed by atoms with E-state index in [1.165, 1.54) is 17.1 Å². The van der Waals surface area contributed by atoms with Crippen molar-refractivity contribution in [2.45, 2.75) is 6.42 Å². The molecule has 1 aromatic heterocycles. The van der Waals surface area contributed by atoms with Gasteiger partial charge in [-0.15, -0.1) is 0 Å². The van der Waals surface area contributed by atoms with Gasteiger partial charge in [-0.05, 0) is 52.9 Å². The maximum absolute atomic E-state index is 12.4. The third-order valence-electron chi connectivity index (χ3n) is 3.27. The topological polar surface area (TPSA) is 103 Å². The van der Waals surface area contributed by atoms with Crippen molar-refractivity contribution in [2.24, 2.45) is 5.73 Å². The van der Waals surface area contributed by atoms with Gasteiger partial charge in [0.2, 0.25) is 5.91 Å². The van der Waals surface area contributed by atoms with Crippen LogP contribution in [0, 0.1) is 3.77 Å². The van der Waals surface area contributed by atoms with Crippen LogP contribution >= 0.6 is 22.6 Å². The molecule has 2 rings (SSSR count). The average molecular weight is 468 g/mol. The fourth-order valence-corrected chi connectivity index (χ4v) is 2.49. The molecule has 8 heteroatoms. The fraction of sp³-hybridized carbons (Fsp3) is 0.167. The van der Waals surface area contributed by atoms with Gasteiger partial charge < -0.3 is 19.8 Å². The number of carbonyl (C=O) groups excluding carboxylic acids is 3. The number of nitrogens with zero attached hydrogens (tertiary/aromatic N) is 1. The van der Waals surface area contributed by atoms with E-state index >= 15 is 0 Å². The number of halogens is 1. The van der Waals surface area contributed by atoms with E-state index in [2.05, 4.69) is 0 Å². The van der Waals surface area contributed by atoms with Crippen molar-refractivity contribution in [2.75, 3.05) is 18.1 Å². The first-order valence-corrected chi connectivity index (χ1v) is 8.77. The van der Waals surface area contributed by atoms with Gasteiger partial charge in [0.25, 0.3) is 5.91 Å². The lowest BCUT2D eigenvalue weighted by atomic mass is 10.2. The van der Waals surface area contributed by atoms with Crippen LogP contribution in [0.15, 0.2) is 53.0 Å². The highest BCUT2D eigenvalue weighted by molar-refractivity contribution is 14.1. The third-order valence-corrected chi connectivity index (χ3v) is 3.85. The van der Waals surface area contributed by atoms with Gasteiger partial charge >= 0.3 is 5.97 Å². The Morgan fingerprint density at radius 1 is 1.15 bits per heavy atom. The van der Waals surface area contributed by atoms with E-state index in [0.29, 0.717) is 15.2 Å². The predicted octanol–water partition coefficient (Wildman–Crippen LogP) is 2.35. The molecule has 0 aliphatic heterocycles. The molecule has 2 amide bonds. The minimum Gasteiger partial charge on any atom is -0.452 e. The Kier molecular flexibility index (Phi) is 7.39. The number of carbonyl (C=O) groups is 3. The lowest BCUT2D eigenvalue weighted by Crippen LogP contribution is -2.37. The lowest BCUT2D eigenvalue weighted by molar-refractivity contribution is -0.143. The van der Waals surface area contributed by atoms with Gasteiger partial charge in [-0.2, -0.15) is 0 Å². The molecule has 0 bridgehead atoms. The van der Waals surface area contributed by atoms with Crippen LogP contribution in [0.1, 0.15) is 12.2 Å². The molecule has 0 spiro atoms.